The maximum absolute atomic E-state index is 13.1. The van der Waals surface area contributed by atoms with Crippen LogP contribution in [-0.4, -0.2) is 50.9 Å². The Bertz CT molecular complexity index is 925. The van der Waals surface area contributed by atoms with Crippen LogP contribution in [0.15, 0.2) is 23.8 Å². The van der Waals surface area contributed by atoms with Crippen molar-refractivity contribution >= 4 is 29.1 Å². The average Bonchev–Trinajstić information content (AvgIpc) is 3.03. The summed E-state index contributed by atoms with van der Waals surface area (Å²) in [7, 11) is 0. The average molecular weight is 465 g/mol. The van der Waals surface area contributed by atoms with Crippen LogP contribution < -0.4 is 0 Å². The molecule has 0 radical (unpaired) electrons. The minimum Gasteiger partial charge on any atom is -0.450 e. The number of hydrogen-bond donors (Lipinski definition) is 2. The zero-order chi connectivity index (χ0) is 23.7. The van der Waals surface area contributed by atoms with Gasteiger partial charge in [-0.2, -0.15) is 0 Å². The molecule has 0 aliphatic heterocycles. The van der Waals surface area contributed by atoms with Gasteiger partial charge >= 0.3 is 5.97 Å². The lowest BCUT2D eigenvalue weighted by atomic mass is 9.44. The van der Waals surface area contributed by atoms with Crippen LogP contribution in [0, 0.1) is 28.6 Å². The number of rotatable bonds is 4. The van der Waals surface area contributed by atoms with Crippen LogP contribution in [0.5, 0.6) is 0 Å². The molecule has 0 aromatic heterocycles. The minimum atomic E-state index is -1.47. The topological polar surface area (TPSA) is 101 Å². The highest BCUT2D eigenvalue weighted by molar-refractivity contribution is 6.26. The summed E-state index contributed by atoms with van der Waals surface area (Å²) in [6.45, 7) is 6.91. The second-order valence-corrected chi connectivity index (χ2v) is 11.2. The van der Waals surface area contributed by atoms with Gasteiger partial charge in [0.1, 0.15) is 6.61 Å². The number of aliphatic hydroxyl groups excluding tert-OH is 2. The summed E-state index contributed by atoms with van der Waals surface area (Å²) in [6.07, 6.45) is 5.88. The molecule has 0 saturated heterocycles. The van der Waals surface area contributed by atoms with Gasteiger partial charge in [0, 0.05) is 17.3 Å². The predicted molar refractivity (Wildman–Crippen MR) is 119 cm³/mol. The third-order valence-electron chi connectivity index (χ3n) is 9.26. The molecule has 0 amide bonds. The van der Waals surface area contributed by atoms with Crippen molar-refractivity contribution in [3.05, 3.63) is 23.8 Å². The molecule has 6 nitrogen and oxygen atoms in total. The molecule has 0 bridgehead atoms. The number of carbonyl (C=O) groups excluding carboxylic acids is 3. The summed E-state index contributed by atoms with van der Waals surface area (Å²) in [4.78, 5) is 36.5. The molecule has 176 valence electrons. The minimum absolute atomic E-state index is 0.0712. The second kappa shape index (κ2) is 7.51. The SMILES string of the molecule is CCC(=O)O[C@]1(C(=O)CO)CC[C@H]2[C@@H]3CC(C)C4=CC(=O)C=C[C@]4(C)[C@@]3(Cl)C(O)C[C@@]21C. The smallest absolute Gasteiger partial charge is 0.306 e. The van der Waals surface area contributed by atoms with E-state index in [1.807, 2.05) is 19.9 Å². The van der Waals surface area contributed by atoms with Crippen LogP contribution in [0.3, 0.4) is 0 Å². The van der Waals surface area contributed by atoms with Gasteiger partial charge in [0.25, 0.3) is 0 Å². The molecule has 2 unspecified atom stereocenters. The quantitative estimate of drug-likeness (QED) is 0.489. The molecule has 0 aromatic carbocycles. The molecule has 3 fully saturated rings. The number of hydrogen-bond acceptors (Lipinski definition) is 6. The molecule has 8 atom stereocenters. The first kappa shape index (κ1) is 23.7. The fourth-order valence-corrected chi connectivity index (χ4v) is 8.16. The van der Waals surface area contributed by atoms with Crippen molar-refractivity contribution in [3.63, 3.8) is 0 Å². The third-order valence-corrected chi connectivity index (χ3v) is 10.2. The van der Waals surface area contributed by atoms with Crippen molar-refractivity contribution in [1.82, 2.24) is 0 Å². The van der Waals surface area contributed by atoms with Crippen molar-refractivity contribution in [2.45, 2.75) is 76.4 Å². The van der Waals surface area contributed by atoms with E-state index in [1.54, 1.807) is 13.0 Å². The van der Waals surface area contributed by atoms with Crippen LogP contribution >= 0.6 is 11.6 Å². The Morgan fingerprint density at radius 3 is 2.59 bits per heavy atom. The molecule has 4 aliphatic rings. The Morgan fingerprint density at radius 1 is 1.28 bits per heavy atom. The Hall–Kier alpha value is -1.50. The summed E-state index contributed by atoms with van der Waals surface area (Å²) in [5.74, 6) is -1.26. The number of carbonyl (C=O) groups is 3. The third kappa shape index (κ3) is 2.75. The number of alkyl halides is 1. The lowest BCUT2D eigenvalue weighted by Crippen LogP contribution is -2.69. The van der Waals surface area contributed by atoms with Crippen LogP contribution in [0.25, 0.3) is 0 Å². The highest BCUT2D eigenvalue weighted by Gasteiger charge is 2.74. The molecule has 0 aromatic rings. The van der Waals surface area contributed by atoms with Gasteiger partial charge in [-0.15, -0.1) is 11.6 Å². The number of fused-ring (bicyclic) bond motifs is 5. The molecule has 32 heavy (non-hydrogen) atoms. The maximum Gasteiger partial charge on any atom is 0.306 e. The first-order valence-corrected chi connectivity index (χ1v) is 12.0. The number of esters is 1. The zero-order valence-electron chi connectivity index (χ0n) is 19.2. The van der Waals surface area contributed by atoms with E-state index in [9.17, 15) is 24.6 Å². The van der Waals surface area contributed by atoms with E-state index < -0.39 is 45.8 Å². The van der Waals surface area contributed by atoms with Gasteiger partial charge in [0.15, 0.2) is 11.4 Å². The molecule has 7 heteroatoms. The van der Waals surface area contributed by atoms with E-state index in [0.29, 0.717) is 19.3 Å². The number of halogens is 1. The van der Waals surface area contributed by atoms with Crippen molar-refractivity contribution < 1.29 is 29.3 Å². The summed E-state index contributed by atoms with van der Waals surface area (Å²) in [5.41, 5.74) is -2.10. The molecule has 4 rings (SSSR count). The van der Waals surface area contributed by atoms with E-state index in [2.05, 4.69) is 6.92 Å². The van der Waals surface area contributed by atoms with E-state index in [4.69, 9.17) is 16.3 Å². The first-order chi connectivity index (χ1) is 14.9. The van der Waals surface area contributed by atoms with Gasteiger partial charge in [-0.3, -0.25) is 14.4 Å². The van der Waals surface area contributed by atoms with Crippen LogP contribution in [0.1, 0.15) is 59.8 Å². The normalized spacial score (nSPS) is 47.2. The molecule has 3 saturated carbocycles. The van der Waals surface area contributed by atoms with Crippen molar-refractivity contribution in [1.29, 1.82) is 0 Å². The number of allylic oxidation sites excluding steroid dienone is 4. The molecule has 0 heterocycles. The van der Waals surface area contributed by atoms with Gasteiger partial charge in [0.2, 0.25) is 5.78 Å². The van der Waals surface area contributed by atoms with E-state index in [0.717, 1.165) is 5.57 Å². The number of ether oxygens (including phenoxy) is 1. The summed E-state index contributed by atoms with van der Waals surface area (Å²) >= 11 is 7.43. The Labute approximate surface area is 194 Å². The lowest BCUT2D eigenvalue weighted by Gasteiger charge is -2.65. The maximum atomic E-state index is 13.1. The Kier molecular flexibility index (Phi) is 5.55. The highest BCUT2D eigenvalue weighted by atomic mass is 35.5. The Balaban J connectivity index is 1.84. The van der Waals surface area contributed by atoms with Crippen LogP contribution in [0.4, 0.5) is 0 Å². The number of Topliss-reactive ketones (excluding diaryl/α,β-unsaturated/α-hetero) is 1. The van der Waals surface area contributed by atoms with Crippen LogP contribution in [-0.2, 0) is 19.1 Å². The zero-order valence-corrected chi connectivity index (χ0v) is 19.9. The molecular formula is C25H33ClO6. The van der Waals surface area contributed by atoms with Crippen molar-refractivity contribution in [2.24, 2.45) is 28.6 Å². The fraction of sp³-hybridized carbons (Fsp3) is 0.720. The van der Waals surface area contributed by atoms with Crippen molar-refractivity contribution in [3.8, 4) is 0 Å². The first-order valence-electron chi connectivity index (χ1n) is 11.6. The lowest BCUT2D eigenvalue weighted by molar-refractivity contribution is -0.198. The number of aliphatic hydroxyl groups is 2. The summed E-state index contributed by atoms with van der Waals surface area (Å²) in [5, 5.41) is 21.4. The fourth-order valence-electron chi connectivity index (χ4n) is 7.66. The van der Waals surface area contributed by atoms with E-state index >= 15 is 0 Å². The molecule has 0 spiro atoms. The largest absolute Gasteiger partial charge is 0.450 e. The molecular weight excluding hydrogens is 432 g/mol. The van der Waals surface area contributed by atoms with Gasteiger partial charge in [-0.05, 0) is 55.6 Å². The Morgan fingerprint density at radius 2 is 1.97 bits per heavy atom. The van der Waals surface area contributed by atoms with E-state index in [1.165, 1.54) is 6.08 Å². The van der Waals surface area contributed by atoms with E-state index in [-0.39, 0.29) is 36.4 Å². The second-order valence-electron chi connectivity index (χ2n) is 10.6. The molecule has 2 N–H and O–H groups in total. The molecule has 4 aliphatic carbocycles. The number of ketones is 2. The monoisotopic (exact) mass is 464 g/mol. The standard InChI is InChI=1S/C25H33ClO6/c1-5-21(31)32-24(20(30)13-27)9-7-16-18-10-14(2)17-11-15(28)6-8-22(17,3)25(18,26)19(29)12-23(16,24)4/h6,8,11,14,16,18-19,27,29H,5,7,9-10,12-13H2,1-4H3/t14?,16-,18-,19?,22-,23-,24-,25-/m0/s1. The highest BCUT2D eigenvalue weighted by Crippen LogP contribution is 2.71. The summed E-state index contributed by atoms with van der Waals surface area (Å²) < 4.78 is 5.83. The van der Waals surface area contributed by atoms with Crippen LogP contribution in [0.2, 0.25) is 0 Å². The van der Waals surface area contributed by atoms with Crippen molar-refractivity contribution in [2.75, 3.05) is 6.61 Å². The van der Waals surface area contributed by atoms with Gasteiger partial charge < -0.3 is 14.9 Å². The van der Waals surface area contributed by atoms with Gasteiger partial charge in [-0.25, -0.2) is 0 Å². The van der Waals surface area contributed by atoms with Gasteiger partial charge in [0.05, 0.1) is 11.0 Å². The summed E-state index contributed by atoms with van der Waals surface area (Å²) in [6, 6.07) is 0. The predicted octanol–water partition coefficient (Wildman–Crippen LogP) is 3.13. The van der Waals surface area contributed by atoms with Gasteiger partial charge in [-0.1, -0.05) is 39.3 Å².